The largest absolute Gasteiger partial charge is 0.377 e. The van der Waals surface area contributed by atoms with Crippen LogP contribution in [0.25, 0.3) is 0 Å². The van der Waals surface area contributed by atoms with Gasteiger partial charge in [-0.2, -0.15) is 0 Å². The van der Waals surface area contributed by atoms with Crippen molar-refractivity contribution < 1.29 is 9.47 Å². The molecule has 0 radical (unpaired) electrons. The predicted octanol–water partition coefficient (Wildman–Crippen LogP) is 2.16. The van der Waals surface area contributed by atoms with Gasteiger partial charge in [0.15, 0.2) is 0 Å². The number of hydrogen-bond donors (Lipinski definition) is 0. The number of halogens is 2. The molecular weight excluding hydrogens is 264 g/mol. The van der Waals surface area contributed by atoms with Gasteiger partial charge in [0.25, 0.3) is 0 Å². The summed E-state index contributed by atoms with van der Waals surface area (Å²) in [5, 5.41) is 0.912. The van der Waals surface area contributed by atoms with Gasteiger partial charge >= 0.3 is 0 Å². The van der Waals surface area contributed by atoms with Crippen LogP contribution in [0.2, 0.25) is 0 Å². The van der Waals surface area contributed by atoms with Crippen molar-refractivity contribution in [3.8, 4) is 0 Å². The molecular formula is C6H12Br2O2. The van der Waals surface area contributed by atoms with Crippen molar-refractivity contribution in [3.05, 3.63) is 0 Å². The van der Waals surface area contributed by atoms with Crippen LogP contribution in [-0.4, -0.2) is 30.2 Å². The molecule has 0 bridgehead atoms. The number of rotatable bonds is 6. The Balaban J connectivity index is 2.97. The molecule has 0 fully saturated rings. The van der Waals surface area contributed by atoms with Crippen LogP contribution in [0.15, 0.2) is 0 Å². The van der Waals surface area contributed by atoms with E-state index in [2.05, 4.69) is 31.9 Å². The van der Waals surface area contributed by atoms with Crippen LogP contribution in [0.1, 0.15) is 6.92 Å². The zero-order valence-corrected chi connectivity index (χ0v) is 9.15. The van der Waals surface area contributed by atoms with E-state index in [1.807, 2.05) is 6.92 Å². The Morgan fingerprint density at radius 3 is 2.70 bits per heavy atom. The van der Waals surface area contributed by atoms with E-state index in [0.717, 1.165) is 11.9 Å². The summed E-state index contributed by atoms with van der Waals surface area (Å²) in [5.41, 5.74) is 0. The number of alkyl halides is 2. The quantitative estimate of drug-likeness (QED) is 0.546. The van der Waals surface area contributed by atoms with Crippen molar-refractivity contribution in [1.29, 1.82) is 0 Å². The highest BCUT2D eigenvalue weighted by atomic mass is 79.9. The molecule has 0 saturated carbocycles. The molecule has 0 amide bonds. The summed E-state index contributed by atoms with van der Waals surface area (Å²) >= 11 is 6.56. The van der Waals surface area contributed by atoms with E-state index >= 15 is 0 Å². The fourth-order valence-electron chi connectivity index (χ4n) is 0.460. The van der Waals surface area contributed by atoms with E-state index in [4.69, 9.17) is 9.47 Å². The van der Waals surface area contributed by atoms with Crippen molar-refractivity contribution in [3.63, 3.8) is 0 Å². The third-order valence-corrected chi connectivity index (χ3v) is 1.67. The summed E-state index contributed by atoms with van der Waals surface area (Å²) in [6, 6.07) is 0. The topological polar surface area (TPSA) is 18.5 Å². The fourth-order valence-corrected chi connectivity index (χ4v) is 1.14. The van der Waals surface area contributed by atoms with Crippen LogP contribution in [0.3, 0.4) is 0 Å². The molecule has 2 nitrogen and oxygen atoms in total. The highest BCUT2D eigenvalue weighted by Crippen LogP contribution is 2.01. The second-order valence-corrected chi connectivity index (χ2v) is 3.44. The molecule has 1 atom stereocenters. The van der Waals surface area contributed by atoms with E-state index in [-0.39, 0.29) is 5.01 Å². The van der Waals surface area contributed by atoms with E-state index in [0.29, 0.717) is 13.2 Å². The Hall–Kier alpha value is 0.880. The molecule has 0 rings (SSSR count). The van der Waals surface area contributed by atoms with Gasteiger partial charge < -0.3 is 9.47 Å². The normalized spacial score (nSPS) is 13.5. The van der Waals surface area contributed by atoms with Crippen molar-refractivity contribution >= 4 is 31.9 Å². The second kappa shape index (κ2) is 7.98. The first kappa shape index (κ1) is 10.9. The molecule has 4 heteroatoms. The van der Waals surface area contributed by atoms with Gasteiger partial charge in [-0.15, -0.1) is 0 Å². The monoisotopic (exact) mass is 274 g/mol. The Morgan fingerprint density at radius 1 is 1.50 bits per heavy atom. The summed E-state index contributed by atoms with van der Waals surface area (Å²) in [4.78, 5) is 0. The third kappa shape index (κ3) is 6.99. The van der Waals surface area contributed by atoms with Gasteiger partial charge in [-0.1, -0.05) is 31.9 Å². The minimum atomic E-state index is 0.0385. The van der Waals surface area contributed by atoms with Crippen LogP contribution in [-0.2, 0) is 9.47 Å². The zero-order valence-electron chi connectivity index (χ0n) is 5.98. The summed E-state index contributed by atoms with van der Waals surface area (Å²) in [7, 11) is 0. The molecule has 0 spiro atoms. The van der Waals surface area contributed by atoms with Gasteiger partial charge in [0.1, 0.15) is 5.01 Å². The Bertz CT molecular complexity index is 70.8. The molecule has 0 aromatic carbocycles. The van der Waals surface area contributed by atoms with E-state index in [9.17, 15) is 0 Å². The highest BCUT2D eigenvalue weighted by molar-refractivity contribution is 9.09. The maximum Gasteiger partial charge on any atom is 0.135 e. The average molecular weight is 276 g/mol. The molecule has 0 aromatic heterocycles. The Morgan fingerprint density at radius 2 is 2.20 bits per heavy atom. The molecule has 0 aliphatic carbocycles. The summed E-state index contributed by atoms with van der Waals surface area (Å²) in [5.74, 6) is 0. The first-order valence-electron chi connectivity index (χ1n) is 3.20. The van der Waals surface area contributed by atoms with Gasteiger partial charge in [0, 0.05) is 11.9 Å². The van der Waals surface area contributed by atoms with Crippen molar-refractivity contribution in [2.75, 3.05) is 25.2 Å². The van der Waals surface area contributed by atoms with Crippen molar-refractivity contribution in [1.82, 2.24) is 0 Å². The minimum absolute atomic E-state index is 0.0385. The van der Waals surface area contributed by atoms with E-state index < -0.39 is 0 Å². The molecule has 0 saturated heterocycles. The molecule has 62 valence electrons. The Labute approximate surface area is 78.5 Å². The summed E-state index contributed by atoms with van der Waals surface area (Å²) in [6.07, 6.45) is 0. The first-order valence-corrected chi connectivity index (χ1v) is 5.24. The van der Waals surface area contributed by atoms with Crippen LogP contribution < -0.4 is 0 Å². The fraction of sp³-hybridized carbons (Fsp3) is 1.00. The van der Waals surface area contributed by atoms with E-state index in [1.54, 1.807) is 0 Å². The lowest BCUT2D eigenvalue weighted by Crippen LogP contribution is -2.13. The molecule has 0 aliphatic heterocycles. The molecule has 0 aromatic rings. The predicted molar refractivity (Wildman–Crippen MR) is 49.0 cm³/mol. The first-order chi connectivity index (χ1) is 4.81. The number of hydrogen-bond acceptors (Lipinski definition) is 2. The van der Waals surface area contributed by atoms with Gasteiger partial charge in [-0.05, 0) is 6.92 Å². The molecule has 0 aliphatic rings. The van der Waals surface area contributed by atoms with Crippen LogP contribution in [0.5, 0.6) is 0 Å². The van der Waals surface area contributed by atoms with Gasteiger partial charge in [0.2, 0.25) is 0 Å². The smallest absolute Gasteiger partial charge is 0.135 e. The van der Waals surface area contributed by atoms with Gasteiger partial charge in [-0.3, -0.25) is 0 Å². The Kier molecular flexibility index (Phi) is 8.68. The van der Waals surface area contributed by atoms with Crippen LogP contribution >= 0.6 is 31.9 Å². The lowest BCUT2D eigenvalue weighted by molar-refractivity contribution is 0.0438. The lowest BCUT2D eigenvalue weighted by atomic mass is 10.7. The molecule has 0 N–H and O–H groups in total. The maximum absolute atomic E-state index is 5.18. The second-order valence-electron chi connectivity index (χ2n) is 1.63. The van der Waals surface area contributed by atoms with E-state index in [1.165, 1.54) is 0 Å². The third-order valence-electron chi connectivity index (χ3n) is 0.818. The maximum atomic E-state index is 5.18. The highest BCUT2D eigenvalue weighted by Gasteiger charge is 2.00. The SMILES string of the molecule is CCOC(Br)COCCBr. The van der Waals surface area contributed by atoms with Crippen LogP contribution in [0.4, 0.5) is 0 Å². The van der Waals surface area contributed by atoms with Gasteiger partial charge in [0.05, 0.1) is 13.2 Å². The standard InChI is InChI=1S/C6H12Br2O2/c1-2-10-6(8)5-9-4-3-7/h6H,2-5H2,1H3. The van der Waals surface area contributed by atoms with Crippen molar-refractivity contribution in [2.45, 2.75) is 11.9 Å². The molecule has 0 heterocycles. The van der Waals surface area contributed by atoms with Crippen molar-refractivity contribution in [2.24, 2.45) is 0 Å². The molecule has 10 heavy (non-hydrogen) atoms. The number of ether oxygens (including phenoxy) is 2. The van der Waals surface area contributed by atoms with Gasteiger partial charge in [-0.25, -0.2) is 0 Å². The lowest BCUT2D eigenvalue weighted by Gasteiger charge is -2.08. The summed E-state index contributed by atoms with van der Waals surface area (Å²) in [6.45, 7) is 4.01. The molecule has 1 unspecified atom stereocenters. The van der Waals surface area contributed by atoms with Crippen LogP contribution in [0, 0.1) is 0 Å². The minimum Gasteiger partial charge on any atom is -0.377 e. The zero-order chi connectivity index (χ0) is 7.82. The summed E-state index contributed by atoms with van der Waals surface area (Å²) < 4.78 is 10.3. The average Bonchev–Trinajstić information content (AvgIpc) is 1.89.